The number of anilines is 1. The zero-order chi connectivity index (χ0) is 20.2. The molecule has 2 aromatic rings. The second kappa shape index (κ2) is 8.53. The summed E-state index contributed by atoms with van der Waals surface area (Å²) in [5.74, 6) is 1.07. The van der Waals surface area contributed by atoms with E-state index in [0.29, 0.717) is 42.5 Å². The normalized spacial score (nSPS) is 20.2. The number of carbonyl (C=O) groups is 2. The third-order valence-electron chi connectivity index (χ3n) is 4.99. The third-order valence-corrected chi connectivity index (χ3v) is 4.99. The molecule has 0 aliphatic carbocycles. The first kappa shape index (κ1) is 19.3. The summed E-state index contributed by atoms with van der Waals surface area (Å²) in [6.07, 6.45) is 0.947. The van der Waals surface area contributed by atoms with Gasteiger partial charge in [0.2, 0.25) is 0 Å². The van der Waals surface area contributed by atoms with Crippen molar-refractivity contribution in [2.45, 2.75) is 25.0 Å². The number of ether oxygens (including phenoxy) is 3. The molecule has 4 rings (SSSR count). The Morgan fingerprint density at radius 1 is 1.14 bits per heavy atom. The first-order valence-electron chi connectivity index (χ1n) is 9.76. The largest absolute Gasteiger partial charge is 0.486 e. The molecule has 29 heavy (non-hydrogen) atoms. The fourth-order valence-electron chi connectivity index (χ4n) is 3.50. The first-order valence-corrected chi connectivity index (χ1v) is 9.76. The molecular formula is C22H24N2O5. The van der Waals surface area contributed by atoms with Crippen LogP contribution in [0.2, 0.25) is 0 Å². The fraction of sp³-hybridized carbons (Fsp3) is 0.364. The standard InChI is InChI=1S/C22H24N2O5/c1-24(13-17-14-28-18-8-2-3-9-19(18)29-17)22(26)15-6-4-7-16(12-15)23-21(25)20-10-5-11-27-20/h2-4,6-9,12,17,20H,5,10-11,13-14H2,1H3,(H,23,25)/t17-,20-/m0/s1. The maximum atomic E-state index is 12.9. The van der Waals surface area contributed by atoms with Crippen molar-refractivity contribution in [2.24, 2.45) is 0 Å². The minimum atomic E-state index is -0.414. The molecule has 2 amide bonds. The number of para-hydroxylation sites is 2. The topological polar surface area (TPSA) is 77.1 Å². The molecule has 0 radical (unpaired) electrons. The highest BCUT2D eigenvalue weighted by Crippen LogP contribution is 2.31. The van der Waals surface area contributed by atoms with Crippen LogP contribution in [0.1, 0.15) is 23.2 Å². The quantitative estimate of drug-likeness (QED) is 0.841. The molecule has 0 unspecified atom stereocenters. The van der Waals surface area contributed by atoms with E-state index >= 15 is 0 Å². The van der Waals surface area contributed by atoms with Gasteiger partial charge in [-0.05, 0) is 43.2 Å². The van der Waals surface area contributed by atoms with Gasteiger partial charge in [-0.2, -0.15) is 0 Å². The van der Waals surface area contributed by atoms with Crippen molar-refractivity contribution >= 4 is 17.5 Å². The van der Waals surface area contributed by atoms with Crippen molar-refractivity contribution in [3.63, 3.8) is 0 Å². The fourth-order valence-corrected chi connectivity index (χ4v) is 3.50. The van der Waals surface area contributed by atoms with Crippen LogP contribution in [0, 0.1) is 0 Å². The van der Waals surface area contributed by atoms with E-state index in [4.69, 9.17) is 14.2 Å². The number of carbonyl (C=O) groups excluding carboxylic acids is 2. The van der Waals surface area contributed by atoms with Crippen LogP contribution in [0.25, 0.3) is 0 Å². The summed E-state index contributed by atoms with van der Waals surface area (Å²) in [5, 5.41) is 2.83. The van der Waals surface area contributed by atoms with Gasteiger partial charge in [0.15, 0.2) is 17.6 Å². The van der Waals surface area contributed by atoms with E-state index in [2.05, 4.69) is 5.32 Å². The molecule has 0 saturated carbocycles. The third kappa shape index (κ3) is 4.51. The average Bonchev–Trinajstić information content (AvgIpc) is 3.28. The Balaban J connectivity index is 1.37. The highest BCUT2D eigenvalue weighted by molar-refractivity contribution is 5.98. The zero-order valence-electron chi connectivity index (χ0n) is 16.3. The molecule has 2 aromatic carbocycles. The minimum Gasteiger partial charge on any atom is -0.486 e. The molecule has 7 heteroatoms. The van der Waals surface area contributed by atoms with Crippen molar-refractivity contribution in [1.29, 1.82) is 0 Å². The van der Waals surface area contributed by atoms with Crippen LogP contribution < -0.4 is 14.8 Å². The smallest absolute Gasteiger partial charge is 0.253 e. The second-order valence-corrected chi connectivity index (χ2v) is 7.25. The van der Waals surface area contributed by atoms with E-state index in [-0.39, 0.29) is 17.9 Å². The number of rotatable bonds is 5. The summed E-state index contributed by atoms with van der Waals surface area (Å²) in [4.78, 5) is 26.7. The number of fused-ring (bicyclic) bond motifs is 1. The van der Waals surface area contributed by atoms with Gasteiger partial charge in [0.25, 0.3) is 11.8 Å². The van der Waals surface area contributed by atoms with Crippen LogP contribution in [0.5, 0.6) is 11.5 Å². The Morgan fingerprint density at radius 2 is 1.97 bits per heavy atom. The first-order chi connectivity index (χ1) is 14.1. The lowest BCUT2D eigenvalue weighted by molar-refractivity contribution is -0.124. The second-order valence-electron chi connectivity index (χ2n) is 7.25. The van der Waals surface area contributed by atoms with E-state index < -0.39 is 6.10 Å². The SMILES string of the molecule is CN(C[C@H]1COc2ccccc2O1)C(=O)c1cccc(NC(=O)[C@@H]2CCCO2)c1. The van der Waals surface area contributed by atoms with Gasteiger partial charge in [0.1, 0.15) is 12.7 Å². The zero-order valence-corrected chi connectivity index (χ0v) is 16.3. The van der Waals surface area contributed by atoms with Gasteiger partial charge in [0.05, 0.1) is 6.54 Å². The number of hydrogen-bond acceptors (Lipinski definition) is 5. The summed E-state index contributed by atoms with van der Waals surface area (Å²) in [6.45, 7) is 1.38. The van der Waals surface area contributed by atoms with E-state index in [1.165, 1.54) is 0 Å². The molecule has 152 valence electrons. The molecular weight excluding hydrogens is 372 g/mol. The molecule has 0 aromatic heterocycles. The number of amides is 2. The molecule has 1 saturated heterocycles. The summed E-state index contributed by atoms with van der Waals surface area (Å²) >= 11 is 0. The van der Waals surface area contributed by atoms with E-state index in [1.54, 1.807) is 36.2 Å². The lowest BCUT2D eigenvalue weighted by Gasteiger charge is -2.29. The number of hydrogen-bond donors (Lipinski definition) is 1. The van der Waals surface area contributed by atoms with Crippen LogP contribution in [-0.4, -0.2) is 55.7 Å². The Kier molecular flexibility index (Phi) is 5.67. The van der Waals surface area contributed by atoms with Crippen LogP contribution in [0.15, 0.2) is 48.5 Å². The monoisotopic (exact) mass is 396 g/mol. The van der Waals surface area contributed by atoms with E-state index in [0.717, 1.165) is 12.8 Å². The molecule has 7 nitrogen and oxygen atoms in total. The van der Waals surface area contributed by atoms with Gasteiger partial charge >= 0.3 is 0 Å². The van der Waals surface area contributed by atoms with E-state index in [1.807, 2.05) is 24.3 Å². The molecule has 1 N–H and O–H groups in total. The van der Waals surface area contributed by atoms with Gasteiger partial charge in [-0.15, -0.1) is 0 Å². The molecule has 0 bridgehead atoms. The number of likely N-dealkylation sites (N-methyl/N-ethyl adjacent to an activating group) is 1. The maximum Gasteiger partial charge on any atom is 0.253 e. The summed E-state index contributed by atoms with van der Waals surface area (Å²) in [5.41, 5.74) is 1.07. The average molecular weight is 396 g/mol. The summed E-state index contributed by atoms with van der Waals surface area (Å²) in [6, 6.07) is 14.4. The lowest BCUT2D eigenvalue weighted by atomic mass is 10.1. The highest BCUT2D eigenvalue weighted by Gasteiger charge is 2.25. The summed E-state index contributed by atoms with van der Waals surface area (Å²) in [7, 11) is 1.73. The molecule has 0 spiro atoms. The molecule has 2 heterocycles. The Labute approximate surface area is 169 Å². The van der Waals surface area contributed by atoms with Crippen LogP contribution in [0.3, 0.4) is 0 Å². The van der Waals surface area contributed by atoms with Crippen molar-refractivity contribution < 1.29 is 23.8 Å². The van der Waals surface area contributed by atoms with Crippen molar-refractivity contribution in [3.05, 3.63) is 54.1 Å². The summed E-state index contributed by atoms with van der Waals surface area (Å²) < 4.78 is 17.0. The molecule has 2 aliphatic heterocycles. The number of benzene rings is 2. The van der Waals surface area contributed by atoms with Gasteiger partial charge in [0, 0.05) is 24.9 Å². The van der Waals surface area contributed by atoms with Crippen molar-refractivity contribution in [3.8, 4) is 11.5 Å². The Bertz CT molecular complexity index is 894. The van der Waals surface area contributed by atoms with Gasteiger partial charge in [-0.25, -0.2) is 0 Å². The van der Waals surface area contributed by atoms with Gasteiger partial charge in [-0.3, -0.25) is 9.59 Å². The highest BCUT2D eigenvalue weighted by atomic mass is 16.6. The van der Waals surface area contributed by atoms with Crippen molar-refractivity contribution in [2.75, 3.05) is 32.1 Å². The maximum absolute atomic E-state index is 12.9. The lowest BCUT2D eigenvalue weighted by Crippen LogP contribution is -2.41. The predicted molar refractivity (Wildman–Crippen MR) is 107 cm³/mol. The van der Waals surface area contributed by atoms with Gasteiger partial charge in [-0.1, -0.05) is 18.2 Å². The van der Waals surface area contributed by atoms with E-state index in [9.17, 15) is 9.59 Å². The van der Waals surface area contributed by atoms with Gasteiger partial charge < -0.3 is 24.4 Å². The molecule has 2 aliphatic rings. The van der Waals surface area contributed by atoms with Crippen LogP contribution in [-0.2, 0) is 9.53 Å². The van der Waals surface area contributed by atoms with Crippen LogP contribution >= 0.6 is 0 Å². The van der Waals surface area contributed by atoms with Crippen LogP contribution in [0.4, 0.5) is 5.69 Å². The Morgan fingerprint density at radius 3 is 2.76 bits per heavy atom. The number of nitrogens with one attached hydrogen (secondary N) is 1. The van der Waals surface area contributed by atoms with Crippen molar-refractivity contribution in [1.82, 2.24) is 4.90 Å². The molecule has 2 atom stereocenters. The minimum absolute atomic E-state index is 0.152. The number of nitrogens with zero attached hydrogens (tertiary/aromatic N) is 1. The Hall–Kier alpha value is -3.06. The molecule has 1 fully saturated rings. The predicted octanol–water partition coefficient (Wildman–Crippen LogP) is 2.72.